The van der Waals surface area contributed by atoms with Gasteiger partial charge in [-0.1, -0.05) is 17.7 Å². The van der Waals surface area contributed by atoms with Gasteiger partial charge >= 0.3 is 0 Å². The first kappa shape index (κ1) is 15.1. The minimum absolute atomic E-state index is 0.0588. The van der Waals surface area contributed by atoms with Crippen LogP contribution in [0, 0.1) is 0 Å². The minimum Gasteiger partial charge on any atom is -0.378 e. The molecule has 1 aromatic heterocycles. The first-order chi connectivity index (χ1) is 9.33. The summed E-state index contributed by atoms with van der Waals surface area (Å²) in [6.45, 7) is 2.00. The van der Waals surface area contributed by atoms with E-state index in [2.05, 4.69) is 10.0 Å². The number of rotatable bonds is 5. The summed E-state index contributed by atoms with van der Waals surface area (Å²) in [7, 11) is -3.76. The zero-order valence-corrected chi connectivity index (χ0v) is 13.0. The smallest absolute Gasteiger partial charge is 0.296 e. The van der Waals surface area contributed by atoms with Crippen molar-refractivity contribution in [2.45, 2.75) is 13.0 Å². The lowest BCUT2D eigenvalue weighted by atomic mass is 10.1. The molecular weight excluding hydrogens is 318 g/mol. The SMILES string of the molecule is CC(Nc1cccc(NS(N)(=O)=O)c1)c1csc(Cl)c1. The van der Waals surface area contributed by atoms with Gasteiger partial charge in [0, 0.05) is 11.7 Å². The van der Waals surface area contributed by atoms with Crippen LogP contribution in [0.2, 0.25) is 4.34 Å². The van der Waals surface area contributed by atoms with Gasteiger partial charge in [0.05, 0.1) is 10.0 Å². The van der Waals surface area contributed by atoms with Crippen molar-refractivity contribution in [2.24, 2.45) is 5.14 Å². The van der Waals surface area contributed by atoms with Crippen LogP contribution in [0.25, 0.3) is 0 Å². The van der Waals surface area contributed by atoms with Crippen LogP contribution in [0.4, 0.5) is 11.4 Å². The monoisotopic (exact) mass is 331 g/mol. The lowest BCUT2D eigenvalue weighted by Gasteiger charge is -2.15. The van der Waals surface area contributed by atoms with Crippen molar-refractivity contribution in [2.75, 3.05) is 10.0 Å². The number of halogens is 1. The van der Waals surface area contributed by atoms with E-state index in [4.69, 9.17) is 16.7 Å². The fourth-order valence-electron chi connectivity index (χ4n) is 1.72. The molecule has 1 heterocycles. The van der Waals surface area contributed by atoms with Crippen molar-refractivity contribution in [1.82, 2.24) is 0 Å². The van der Waals surface area contributed by atoms with E-state index in [1.54, 1.807) is 18.2 Å². The van der Waals surface area contributed by atoms with E-state index in [0.29, 0.717) is 5.69 Å². The van der Waals surface area contributed by atoms with Crippen molar-refractivity contribution in [3.05, 3.63) is 45.6 Å². The fraction of sp³-hybridized carbons (Fsp3) is 0.167. The molecular formula is C12H14ClN3O2S2. The van der Waals surface area contributed by atoms with Crippen LogP contribution in [-0.2, 0) is 10.2 Å². The Balaban J connectivity index is 2.11. The Morgan fingerprint density at radius 2 is 2.00 bits per heavy atom. The van der Waals surface area contributed by atoms with Gasteiger partial charge in [0.25, 0.3) is 10.2 Å². The van der Waals surface area contributed by atoms with Crippen molar-refractivity contribution >= 4 is 44.5 Å². The van der Waals surface area contributed by atoms with Gasteiger partial charge in [-0.25, -0.2) is 5.14 Å². The summed E-state index contributed by atoms with van der Waals surface area (Å²) in [5.74, 6) is 0. The van der Waals surface area contributed by atoms with Crippen LogP contribution in [0.3, 0.4) is 0 Å². The van der Waals surface area contributed by atoms with Crippen molar-refractivity contribution in [3.8, 4) is 0 Å². The topological polar surface area (TPSA) is 84.2 Å². The average Bonchev–Trinajstić information content (AvgIpc) is 2.74. The van der Waals surface area contributed by atoms with E-state index in [-0.39, 0.29) is 6.04 Å². The van der Waals surface area contributed by atoms with E-state index >= 15 is 0 Å². The Bertz CT molecular complexity index is 700. The second kappa shape index (κ2) is 6.01. The minimum atomic E-state index is -3.76. The molecule has 1 aromatic carbocycles. The zero-order chi connectivity index (χ0) is 14.8. The van der Waals surface area contributed by atoms with Gasteiger partial charge in [-0.3, -0.25) is 4.72 Å². The maximum absolute atomic E-state index is 11.0. The summed E-state index contributed by atoms with van der Waals surface area (Å²) in [6.07, 6.45) is 0. The van der Waals surface area contributed by atoms with Crippen LogP contribution >= 0.6 is 22.9 Å². The first-order valence-corrected chi connectivity index (χ1v) is 8.55. The lowest BCUT2D eigenvalue weighted by Crippen LogP contribution is -2.21. The number of benzene rings is 1. The normalized spacial score (nSPS) is 12.9. The largest absolute Gasteiger partial charge is 0.378 e. The standard InChI is InChI=1S/C12H14ClN3O2S2/c1-8(9-5-12(13)19-7-9)15-10-3-2-4-11(6-10)16-20(14,17)18/h2-8,15-16H,1H3,(H2,14,17,18). The third-order valence-corrected chi connectivity index (χ3v) is 4.22. The molecule has 0 bridgehead atoms. The predicted molar refractivity (Wildman–Crippen MR) is 84.5 cm³/mol. The highest BCUT2D eigenvalue weighted by Crippen LogP contribution is 2.27. The molecule has 0 aliphatic carbocycles. The molecule has 0 aliphatic rings. The Labute approximate surface area is 126 Å². The second-order valence-electron chi connectivity index (χ2n) is 4.28. The van der Waals surface area contributed by atoms with Crippen molar-refractivity contribution in [1.29, 1.82) is 0 Å². The molecule has 0 saturated heterocycles. The number of hydrogen-bond donors (Lipinski definition) is 3. The molecule has 0 aliphatic heterocycles. The molecule has 5 nitrogen and oxygen atoms in total. The maximum atomic E-state index is 11.0. The molecule has 8 heteroatoms. The van der Waals surface area contributed by atoms with Gasteiger partial charge in [-0.2, -0.15) is 8.42 Å². The molecule has 2 aromatic rings. The highest BCUT2D eigenvalue weighted by atomic mass is 35.5. The third-order valence-electron chi connectivity index (χ3n) is 2.59. The summed E-state index contributed by atoms with van der Waals surface area (Å²) in [4.78, 5) is 0. The zero-order valence-electron chi connectivity index (χ0n) is 10.6. The first-order valence-electron chi connectivity index (χ1n) is 5.74. The van der Waals surface area contributed by atoms with Gasteiger partial charge in [-0.15, -0.1) is 11.3 Å². The van der Waals surface area contributed by atoms with Gasteiger partial charge in [0.15, 0.2) is 0 Å². The number of anilines is 2. The van der Waals surface area contributed by atoms with Gasteiger partial charge in [0.2, 0.25) is 0 Å². The summed E-state index contributed by atoms with van der Waals surface area (Å²) in [6, 6.07) is 8.85. The number of hydrogen-bond acceptors (Lipinski definition) is 4. The highest BCUT2D eigenvalue weighted by molar-refractivity contribution is 7.90. The molecule has 1 atom stereocenters. The van der Waals surface area contributed by atoms with Gasteiger partial charge in [0.1, 0.15) is 0 Å². The molecule has 20 heavy (non-hydrogen) atoms. The Morgan fingerprint density at radius 1 is 1.30 bits per heavy atom. The quantitative estimate of drug-likeness (QED) is 0.786. The number of nitrogens with two attached hydrogens (primary N) is 1. The second-order valence-corrected chi connectivity index (χ2v) is 7.11. The van der Waals surface area contributed by atoms with Crippen LogP contribution < -0.4 is 15.2 Å². The molecule has 0 fully saturated rings. The van der Waals surface area contributed by atoms with Crippen LogP contribution in [0.15, 0.2) is 35.7 Å². The van der Waals surface area contributed by atoms with Crippen LogP contribution in [-0.4, -0.2) is 8.42 Å². The van der Waals surface area contributed by atoms with E-state index in [1.165, 1.54) is 11.3 Å². The van der Waals surface area contributed by atoms with Crippen molar-refractivity contribution in [3.63, 3.8) is 0 Å². The number of thiophene rings is 1. The molecule has 4 N–H and O–H groups in total. The molecule has 1 unspecified atom stereocenters. The van der Waals surface area contributed by atoms with Crippen LogP contribution in [0.5, 0.6) is 0 Å². The molecule has 0 amide bonds. The predicted octanol–water partition coefficient (Wildman–Crippen LogP) is 3.19. The Kier molecular flexibility index (Phi) is 4.54. The summed E-state index contributed by atoms with van der Waals surface area (Å²) < 4.78 is 24.9. The lowest BCUT2D eigenvalue weighted by molar-refractivity contribution is 0.603. The van der Waals surface area contributed by atoms with Crippen LogP contribution in [0.1, 0.15) is 18.5 Å². The Hall–Kier alpha value is -1.28. The van der Waals surface area contributed by atoms with Gasteiger partial charge in [-0.05, 0) is 42.1 Å². The van der Waals surface area contributed by atoms with E-state index < -0.39 is 10.2 Å². The summed E-state index contributed by atoms with van der Waals surface area (Å²) >= 11 is 7.38. The highest BCUT2D eigenvalue weighted by Gasteiger charge is 2.08. The van der Waals surface area contributed by atoms with Crippen molar-refractivity contribution < 1.29 is 8.42 Å². The Morgan fingerprint density at radius 3 is 2.60 bits per heavy atom. The maximum Gasteiger partial charge on any atom is 0.296 e. The van der Waals surface area contributed by atoms with Gasteiger partial charge < -0.3 is 5.32 Å². The molecule has 108 valence electrons. The van der Waals surface area contributed by atoms with E-state index in [0.717, 1.165) is 15.6 Å². The summed E-state index contributed by atoms with van der Waals surface area (Å²) in [5.41, 5.74) is 2.27. The molecule has 0 saturated carbocycles. The average molecular weight is 332 g/mol. The summed E-state index contributed by atoms with van der Waals surface area (Å²) in [5, 5.41) is 10.2. The molecule has 0 radical (unpaired) electrons. The molecule has 2 rings (SSSR count). The van der Waals surface area contributed by atoms with E-state index in [1.807, 2.05) is 24.4 Å². The number of nitrogens with one attached hydrogen (secondary N) is 2. The molecule has 0 spiro atoms. The third kappa shape index (κ3) is 4.38. The fourth-order valence-corrected chi connectivity index (χ4v) is 3.16. The van der Waals surface area contributed by atoms with E-state index in [9.17, 15) is 8.42 Å².